The molecule has 1 amide bonds. The van der Waals surface area contributed by atoms with Crippen LogP contribution in [0.3, 0.4) is 0 Å². The van der Waals surface area contributed by atoms with Gasteiger partial charge in [-0.15, -0.1) is 0 Å². The fraction of sp³-hybridized carbons (Fsp3) is 0.833. The van der Waals surface area contributed by atoms with Gasteiger partial charge in [0.2, 0.25) is 12.1 Å². The summed E-state index contributed by atoms with van der Waals surface area (Å²) in [4.78, 5) is 24.9. The molecule has 2 aliphatic rings. The van der Waals surface area contributed by atoms with Crippen molar-refractivity contribution in [2.45, 2.75) is 69.1 Å². The lowest BCUT2D eigenvalue weighted by Gasteiger charge is -2.50. The number of carboxylic acid groups (broad SMARTS) is 1. The zero-order valence-electron chi connectivity index (χ0n) is 17.5. The number of carboxylic acids is 1. The van der Waals surface area contributed by atoms with E-state index >= 15 is 0 Å². The maximum Gasteiger partial charge on any atom is 0.354 e. The first-order valence-electron chi connectivity index (χ1n) is 9.65. The predicted octanol–water partition coefficient (Wildman–Crippen LogP) is 1.80. The van der Waals surface area contributed by atoms with Gasteiger partial charge < -0.3 is 19.9 Å². The molecule has 7 nitrogen and oxygen atoms in total. The fourth-order valence-corrected chi connectivity index (χ4v) is 8.79. The van der Waals surface area contributed by atoms with E-state index in [0.717, 1.165) is 4.90 Å². The number of likely N-dealkylation sites (tertiary alicyclic amines) is 1. The number of aliphatic carboxylic acids is 1. The van der Waals surface area contributed by atoms with Crippen LogP contribution in [0, 0.1) is 11.8 Å². The number of aliphatic hydroxyl groups is 2. The van der Waals surface area contributed by atoms with Gasteiger partial charge in [0.15, 0.2) is 0 Å². The highest BCUT2D eigenvalue weighted by Gasteiger charge is 2.55. The van der Waals surface area contributed by atoms with Crippen molar-refractivity contribution in [1.82, 2.24) is 4.90 Å². The molecule has 2 fully saturated rings. The van der Waals surface area contributed by atoms with Crippen LogP contribution < -0.4 is 0 Å². The van der Waals surface area contributed by atoms with Gasteiger partial charge >= 0.3 is 5.97 Å². The Balaban J connectivity index is 2.17. The predicted molar refractivity (Wildman–Crippen MR) is 122 cm³/mol. The van der Waals surface area contributed by atoms with Gasteiger partial charge in [0.1, 0.15) is 11.5 Å². The molecule has 2 rings (SSSR count). The van der Waals surface area contributed by atoms with Gasteiger partial charge in [-0.3, -0.25) is 9.69 Å². The summed E-state index contributed by atoms with van der Waals surface area (Å²) >= 11 is 5.79. The summed E-state index contributed by atoms with van der Waals surface area (Å²) in [5.41, 5.74) is -0.656. The Bertz CT molecular complexity index is 670. The van der Waals surface area contributed by atoms with Crippen molar-refractivity contribution in [3.63, 3.8) is 0 Å². The van der Waals surface area contributed by atoms with Crippen LogP contribution in [0.15, 0.2) is 0 Å². The van der Waals surface area contributed by atoms with Crippen molar-refractivity contribution < 1.29 is 29.5 Å². The van der Waals surface area contributed by atoms with E-state index < -0.39 is 54.4 Å². The van der Waals surface area contributed by atoms with Crippen molar-refractivity contribution in [2.75, 3.05) is 11.5 Å². The largest absolute Gasteiger partial charge is 0.616 e. The van der Waals surface area contributed by atoms with E-state index in [1.165, 1.54) is 11.8 Å². The van der Waals surface area contributed by atoms with Gasteiger partial charge in [-0.25, -0.2) is 4.79 Å². The van der Waals surface area contributed by atoms with Gasteiger partial charge in [-0.05, 0) is 11.5 Å². The van der Waals surface area contributed by atoms with Gasteiger partial charge in [-0.1, -0.05) is 69.0 Å². The number of carbonyl (C=O) groups excluding carboxylic acids is 1. The zero-order valence-corrected chi connectivity index (χ0v) is 20.9. The number of amides is 1. The number of hydrogen-bond donors (Lipinski definition) is 3. The van der Waals surface area contributed by atoms with Crippen molar-refractivity contribution in [1.29, 1.82) is 0 Å². The summed E-state index contributed by atoms with van der Waals surface area (Å²) < 4.78 is 12.3. The lowest BCUT2D eigenvalue weighted by Crippen LogP contribution is -2.66. The summed E-state index contributed by atoms with van der Waals surface area (Å²) in [6.45, 7) is 10.4. The Morgan fingerprint density at radius 1 is 1.41 bits per heavy atom. The number of hydrogen-bond acceptors (Lipinski definition) is 7. The Morgan fingerprint density at radius 2 is 2.00 bits per heavy atom. The molecule has 0 saturated carbocycles. The molecule has 2 heterocycles. The van der Waals surface area contributed by atoms with Crippen LogP contribution in [0.4, 0.5) is 0 Å². The monoisotopic (exact) mass is 481 g/mol. The minimum absolute atomic E-state index is 0.0266. The molecule has 29 heavy (non-hydrogen) atoms. The van der Waals surface area contributed by atoms with Crippen molar-refractivity contribution in [3.05, 3.63) is 0 Å². The van der Waals surface area contributed by atoms with Crippen molar-refractivity contribution in [2.24, 2.45) is 11.8 Å². The smallest absolute Gasteiger partial charge is 0.354 e. The standard InChI is InChI=1S/C18H31NO6S3Si/c1-18(2,3)29(4,5)12(20)8-11-13(21)19(14(22)16(23)24)15(11)27-17(26)10-6-7-28(25)9-10/h10-12,14-15,20,22H,6-9H2,1-5H3,(H,23,24)/t10?,11?,12?,14-,15?,28?/m1/s1. The third kappa shape index (κ3) is 5.19. The molecule has 0 aromatic heterocycles. The van der Waals surface area contributed by atoms with Crippen LogP contribution in [-0.2, 0) is 20.8 Å². The van der Waals surface area contributed by atoms with E-state index in [9.17, 15) is 24.4 Å². The van der Waals surface area contributed by atoms with E-state index in [4.69, 9.17) is 17.3 Å². The number of nitrogens with zero attached hydrogens (tertiary/aromatic N) is 1. The molecular formula is C18H31NO6S3Si. The summed E-state index contributed by atoms with van der Waals surface area (Å²) in [7, 11) is -2.13. The first kappa shape index (κ1) is 25.1. The van der Waals surface area contributed by atoms with E-state index in [2.05, 4.69) is 33.9 Å². The minimum Gasteiger partial charge on any atom is -0.616 e. The molecule has 11 heteroatoms. The second-order valence-electron chi connectivity index (χ2n) is 9.41. The van der Waals surface area contributed by atoms with Crippen molar-refractivity contribution >= 4 is 59.3 Å². The van der Waals surface area contributed by atoms with Crippen molar-refractivity contribution in [3.8, 4) is 0 Å². The lowest BCUT2D eigenvalue weighted by atomic mass is 9.94. The first-order valence-corrected chi connectivity index (χ1v) is 15.5. The average Bonchev–Trinajstić information content (AvgIpc) is 3.04. The number of aliphatic hydroxyl groups excluding tert-OH is 2. The van der Waals surface area contributed by atoms with E-state index in [1.807, 2.05) is 0 Å². The molecule has 0 aliphatic carbocycles. The maximum atomic E-state index is 12.7. The maximum absolute atomic E-state index is 12.7. The van der Waals surface area contributed by atoms with Crippen LogP contribution in [0.5, 0.6) is 0 Å². The Hall–Kier alpha value is -0.173. The fourth-order valence-electron chi connectivity index (χ4n) is 3.39. The van der Waals surface area contributed by atoms with E-state index in [0.29, 0.717) is 22.1 Å². The Labute approximate surface area is 185 Å². The lowest BCUT2D eigenvalue weighted by molar-refractivity contribution is -0.182. The summed E-state index contributed by atoms with van der Waals surface area (Å²) in [6, 6.07) is 0. The van der Waals surface area contributed by atoms with Gasteiger partial charge in [0, 0.05) is 18.1 Å². The molecule has 6 atom stereocenters. The number of thioether (sulfide) groups is 1. The third-order valence-electron chi connectivity index (χ3n) is 6.57. The molecule has 5 unspecified atom stereocenters. The third-order valence-corrected chi connectivity index (χ3v) is 15.8. The molecular weight excluding hydrogens is 450 g/mol. The molecule has 0 spiro atoms. The first-order chi connectivity index (χ1) is 13.2. The number of carbonyl (C=O) groups is 2. The van der Waals surface area contributed by atoms with E-state index in [1.54, 1.807) is 0 Å². The normalized spacial score (nSPS) is 30.1. The average molecular weight is 482 g/mol. The van der Waals surface area contributed by atoms with Gasteiger partial charge in [0.05, 0.1) is 23.6 Å². The van der Waals surface area contributed by atoms with Crippen LogP contribution in [0.2, 0.25) is 18.1 Å². The molecule has 0 aromatic rings. The second kappa shape index (κ2) is 9.13. The Kier molecular flexibility index (Phi) is 7.90. The van der Waals surface area contributed by atoms with Gasteiger partial charge in [0.25, 0.3) is 0 Å². The minimum atomic E-state index is -2.13. The number of β-lactam (4-membered cyclic amide) rings is 1. The summed E-state index contributed by atoms with van der Waals surface area (Å²) in [6.07, 6.45) is -1.02. The molecule has 0 aromatic carbocycles. The topological polar surface area (TPSA) is 121 Å². The highest BCUT2D eigenvalue weighted by molar-refractivity contribution is 8.23. The number of rotatable bonds is 7. The Morgan fingerprint density at radius 3 is 2.45 bits per heavy atom. The molecule has 3 N–H and O–H groups in total. The molecule has 2 saturated heterocycles. The SMILES string of the molecule is CC(C)(C)[Si](C)(C)C(O)CC1C(=O)N([C@H](O)C(=O)O)C1SC(=S)C1CC[S+]([O-])C1. The highest BCUT2D eigenvalue weighted by atomic mass is 32.2. The summed E-state index contributed by atoms with van der Waals surface area (Å²) in [5, 5.41) is 29.4. The van der Waals surface area contributed by atoms with Crippen LogP contribution >= 0.6 is 24.0 Å². The zero-order chi connectivity index (χ0) is 22.3. The van der Waals surface area contributed by atoms with Crippen LogP contribution in [0.25, 0.3) is 0 Å². The van der Waals surface area contributed by atoms with Crippen LogP contribution in [-0.4, -0.2) is 77.8 Å². The summed E-state index contributed by atoms with van der Waals surface area (Å²) in [5.74, 6) is -1.55. The number of thiocarbonyl (C=S) groups is 1. The quantitative estimate of drug-likeness (QED) is 0.218. The van der Waals surface area contributed by atoms with E-state index in [-0.39, 0.29) is 17.4 Å². The van der Waals surface area contributed by atoms with Crippen LogP contribution in [0.1, 0.15) is 33.6 Å². The molecule has 2 aliphatic heterocycles. The molecule has 0 radical (unpaired) electrons. The van der Waals surface area contributed by atoms with Gasteiger partial charge in [-0.2, -0.15) is 0 Å². The second-order valence-corrected chi connectivity index (χ2v) is 18.5. The molecule has 166 valence electrons. The highest BCUT2D eigenvalue weighted by Crippen LogP contribution is 2.45. The molecule has 0 bridgehead atoms.